The molecule has 2 saturated heterocycles. The van der Waals surface area contributed by atoms with Gasteiger partial charge < -0.3 is 10.6 Å². The second-order valence-electron chi connectivity index (χ2n) is 8.14. The zero-order chi connectivity index (χ0) is 20.3. The van der Waals surface area contributed by atoms with Crippen LogP contribution in [0.1, 0.15) is 38.7 Å². The molecule has 0 spiro atoms. The van der Waals surface area contributed by atoms with Crippen molar-refractivity contribution in [2.75, 3.05) is 20.1 Å². The van der Waals surface area contributed by atoms with Gasteiger partial charge in [-0.3, -0.25) is 19.4 Å². The van der Waals surface area contributed by atoms with Crippen molar-refractivity contribution in [2.45, 2.75) is 63.8 Å². The Morgan fingerprint density at radius 2 is 2.04 bits per heavy atom. The van der Waals surface area contributed by atoms with Gasteiger partial charge in [0.05, 0.1) is 0 Å². The summed E-state index contributed by atoms with van der Waals surface area (Å²) in [6, 6.07) is 6.69. The molecular formula is C21H31FN4O2. The molecule has 0 aliphatic carbocycles. The maximum absolute atomic E-state index is 12.9. The highest BCUT2D eigenvalue weighted by Gasteiger charge is 2.45. The average molecular weight is 391 g/mol. The first-order valence-electron chi connectivity index (χ1n) is 10.1. The van der Waals surface area contributed by atoms with E-state index >= 15 is 0 Å². The normalized spacial score (nSPS) is 26.0. The zero-order valence-corrected chi connectivity index (χ0v) is 17.0. The lowest BCUT2D eigenvalue weighted by Gasteiger charge is -2.34. The molecule has 154 valence electrons. The van der Waals surface area contributed by atoms with Crippen molar-refractivity contribution >= 4 is 11.8 Å². The highest BCUT2D eigenvalue weighted by molar-refractivity contribution is 5.83. The fraction of sp³-hybridized carbons (Fsp3) is 0.619. The van der Waals surface area contributed by atoms with Gasteiger partial charge in [-0.1, -0.05) is 12.1 Å². The molecule has 7 heteroatoms. The van der Waals surface area contributed by atoms with E-state index in [0.29, 0.717) is 32.0 Å². The maximum atomic E-state index is 12.9. The zero-order valence-electron chi connectivity index (χ0n) is 17.0. The minimum atomic E-state index is -0.283. The van der Waals surface area contributed by atoms with E-state index in [-0.39, 0.29) is 35.8 Å². The average Bonchev–Trinajstić information content (AvgIpc) is 3.08. The SMILES string of the molecule is CC(C)N1CC[C@H]2[C@H]1C(=O)NC[C@H](CCC(=O)NCc1ccc(F)cc1)N2C. The number of nitrogens with zero attached hydrogens (tertiary/aromatic N) is 2. The number of nitrogens with one attached hydrogen (secondary N) is 2. The lowest BCUT2D eigenvalue weighted by atomic mass is 10.0. The van der Waals surface area contributed by atoms with E-state index in [1.54, 1.807) is 12.1 Å². The molecule has 1 aromatic rings. The van der Waals surface area contributed by atoms with Crippen molar-refractivity contribution in [1.82, 2.24) is 20.4 Å². The number of rotatable bonds is 6. The van der Waals surface area contributed by atoms with Crippen LogP contribution in [0.4, 0.5) is 4.39 Å². The molecular weight excluding hydrogens is 359 g/mol. The maximum Gasteiger partial charge on any atom is 0.239 e. The summed E-state index contributed by atoms with van der Waals surface area (Å²) in [6.45, 7) is 6.15. The van der Waals surface area contributed by atoms with Gasteiger partial charge in [0.1, 0.15) is 11.9 Å². The third-order valence-electron chi connectivity index (χ3n) is 6.06. The number of hydrogen-bond acceptors (Lipinski definition) is 4. The van der Waals surface area contributed by atoms with Gasteiger partial charge in [-0.25, -0.2) is 4.39 Å². The van der Waals surface area contributed by atoms with E-state index < -0.39 is 0 Å². The van der Waals surface area contributed by atoms with Gasteiger partial charge in [0.15, 0.2) is 0 Å². The molecule has 2 amide bonds. The molecule has 2 N–H and O–H groups in total. The predicted octanol–water partition coefficient (Wildman–Crippen LogP) is 1.50. The first-order chi connectivity index (χ1) is 13.4. The lowest BCUT2D eigenvalue weighted by molar-refractivity contribution is -0.126. The van der Waals surface area contributed by atoms with E-state index in [0.717, 1.165) is 18.5 Å². The number of benzene rings is 1. The summed E-state index contributed by atoms with van der Waals surface area (Å²) in [4.78, 5) is 29.5. The van der Waals surface area contributed by atoms with Crippen LogP contribution in [0.5, 0.6) is 0 Å². The van der Waals surface area contributed by atoms with E-state index in [2.05, 4.69) is 41.3 Å². The van der Waals surface area contributed by atoms with Crippen LogP contribution in [-0.2, 0) is 16.1 Å². The minimum Gasteiger partial charge on any atom is -0.353 e. The van der Waals surface area contributed by atoms with Gasteiger partial charge in [-0.15, -0.1) is 0 Å². The summed E-state index contributed by atoms with van der Waals surface area (Å²) in [7, 11) is 2.07. The second-order valence-corrected chi connectivity index (χ2v) is 8.14. The minimum absolute atomic E-state index is 0.0277. The fourth-order valence-corrected chi connectivity index (χ4v) is 4.36. The third-order valence-corrected chi connectivity index (χ3v) is 6.06. The van der Waals surface area contributed by atoms with Crippen molar-refractivity contribution in [3.8, 4) is 0 Å². The molecule has 2 aliphatic heterocycles. The summed E-state index contributed by atoms with van der Waals surface area (Å²) in [5.74, 6) is -0.207. The van der Waals surface area contributed by atoms with E-state index in [4.69, 9.17) is 0 Å². The Labute approximate surface area is 166 Å². The summed E-state index contributed by atoms with van der Waals surface area (Å²) in [5.41, 5.74) is 0.871. The van der Waals surface area contributed by atoms with Crippen LogP contribution in [0, 0.1) is 5.82 Å². The molecule has 3 rings (SSSR count). The van der Waals surface area contributed by atoms with Gasteiger partial charge >= 0.3 is 0 Å². The highest BCUT2D eigenvalue weighted by atomic mass is 19.1. The summed E-state index contributed by atoms with van der Waals surface area (Å²) in [5, 5.41) is 5.97. The quantitative estimate of drug-likeness (QED) is 0.773. The number of likely N-dealkylation sites (N-methyl/N-ethyl adjacent to an activating group) is 1. The van der Waals surface area contributed by atoms with Crippen LogP contribution in [0.15, 0.2) is 24.3 Å². The van der Waals surface area contributed by atoms with Crippen molar-refractivity contribution in [2.24, 2.45) is 0 Å². The van der Waals surface area contributed by atoms with Gasteiger partial charge in [-0.05, 0) is 51.4 Å². The second kappa shape index (κ2) is 9.01. The van der Waals surface area contributed by atoms with Crippen LogP contribution >= 0.6 is 0 Å². The van der Waals surface area contributed by atoms with E-state index in [1.165, 1.54) is 12.1 Å². The number of hydrogen-bond donors (Lipinski definition) is 2. The lowest BCUT2D eigenvalue weighted by Crippen LogP contribution is -2.51. The van der Waals surface area contributed by atoms with Crippen molar-refractivity contribution < 1.29 is 14.0 Å². The first kappa shape index (κ1) is 20.7. The van der Waals surface area contributed by atoms with Crippen LogP contribution in [0.3, 0.4) is 0 Å². The Bertz CT molecular complexity index is 694. The molecule has 6 nitrogen and oxygen atoms in total. The van der Waals surface area contributed by atoms with Crippen molar-refractivity contribution in [3.05, 3.63) is 35.6 Å². The summed E-state index contributed by atoms with van der Waals surface area (Å²) < 4.78 is 12.9. The van der Waals surface area contributed by atoms with Gasteiger partial charge in [0, 0.05) is 44.2 Å². The molecule has 2 aliphatic rings. The van der Waals surface area contributed by atoms with Crippen molar-refractivity contribution in [1.29, 1.82) is 0 Å². The van der Waals surface area contributed by atoms with Gasteiger partial charge in [-0.2, -0.15) is 0 Å². The van der Waals surface area contributed by atoms with Crippen molar-refractivity contribution in [3.63, 3.8) is 0 Å². The molecule has 0 bridgehead atoms. The molecule has 0 radical (unpaired) electrons. The smallest absolute Gasteiger partial charge is 0.239 e. The molecule has 1 aromatic carbocycles. The molecule has 0 unspecified atom stereocenters. The Morgan fingerprint density at radius 3 is 2.71 bits per heavy atom. The van der Waals surface area contributed by atoms with Gasteiger partial charge in [0.25, 0.3) is 0 Å². The third kappa shape index (κ3) is 4.70. The number of fused-ring (bicyclic) bond motifs is 1. The number of likely N-dealkylation sites (tertiary alicyclic amines) is 1. The number of carbonyl (C=O) groups excluding carboxylic acids is 2. The molecule has 28 heavy (non-hydrogen) atoms. The van der Waals surface area contributed by atoms with E-state index in [1.807, 2.05) is 0 Å². The first-order valence-corrected chi connectivity index (χ1v) is 10.1. The highest BCUT2D eigenvalue weighted by Crippen LogP contribution is 2.28. The fourth-order valence-electron chi connectivity index (χ4n) is 4.36. The standard InChI is InChI=1S/C21H31FN4O2/c1-14(2)26-11-10-18-20(26)21(28)24-13-17(25(18)3)8-9-19(27)23-12-15-4-6-16(22)7-5-15/h4-7,14,17-18,20H,8-13H2,1-3H3,(H,23,27)(H,24,28)/t17-,18-,20-/m0/s1. The Morgan fingerprint density at radius 1 is 1.32 bits per heavy atom. The Hall–Kier alpha value is -1.99. The van der Waals surface area contributed by atoms with Crippen LogP contribution in [0.2, 0.25) is 0 Å². The van der Waals surface area contributed by atoms with Crippen LogP contribution in [0.25, 0.3) is 0 Å². The van der Waals surface area contributed by atoms with Crippen LogP contribution in [-0.4, -0.2) is 65.9 Å². The molecule has 0 aromatic heterocycles. The molecule has 2 heterocycles. The topological polar surface area (TPSA) is 64.7 Å². The summed E-state index contributed by atoms with van der Waals surface area (Å²) in [6.07, 6.45) is 2.06. The summed E-state index contributed by atoms with van der Waals surface area (Å²) >= 11 is 0. The number of halogens is 1. The molecule has 2 fully saturated rings. The molecule has 0 saturated carbocycles. The predicted molar refractivity (Wildman–Crippen MR) is 106 cm³/mol. The Balaban J connectivity index is 1.52. The monoisotopic (exact) mass is 390 g/mol. The Kier molecular flexibility index (Phi) is 6.67. The molecule has 3 atom stereocenters. The van der Waals surface area contributed by atoms with E-state index in [9.17, 15) is 14.0 Å². The van der Waals surface area contributed by atoms with Crippen LogP contribution < -0.4 is 10.6 Å². The number of carbonyl (C=O) groups is 2. The van der Waals surface area contributed by atoms with Gasteiger partial charge in [0.2, 0.25) is 11.8 Å². The number of amides is 2. The largest absolute Gasteiger partial charge is 0.353 e.